The average molecular weight is 415 g/mol. The van der Waals surface area contributed by atoms with Gasteiger partial charge >= 0.3 is 0 Å². The van der Waals surface area contributed by atoms with E-state index >= 15 is 0 Å². The van der Waals surface area contributed by atoms with Gasteiger partial charge in [-0.15, -0.1) is 11.3 Å². The third-order valence-corrected chi connectivity index (χ3v) is 6.05. The molecule has 4 rings (SSSR count). The number of aryl methyl sites for hydroxylation is 1. The molecule has 1 N–H and O–H groups in total. The summed E-state index contributed by atoms with van der Waals surface area (Å²) in [7, 11) is 1.57. The molecule has 1 aliphatic heterocycles. The summed E-state index contributed by atoms with van der Waals surface area (Å²) in [6.07, 6.45) is 3.06. The lowest BCUT2D eigenvalue weighted by molar-refractivity contribution is 0.0962. The number of aromatic nitrogens is 4. The molecule has 1 atom stereocenters. The highest BCUT2D eigenvalue weighted by Crippen LogP contribution is 2.28. The van der Waals surface area contributed by atoms with E-state index in [0.29, 0.717) is 35.9 Å². The number of pyridine rings is 1. The summed E-state index contributed by atoms with van der Waals surface area (Å²) in [6.45, 7) is 6.76. The van der Waals surface area contributed by atoms with Crippen LogP contribution in [0, 0.1) is 12.7 Å². The summed E-state index contributed by atoms with van der Waals surface area (Å²) in [4.78, 5) is 33.4. The highest BCUT2D eigenvalue weighted by molar-refractivity contribution is 7.18. The van der Waals surface area contributed by atoms with Gasteiger partial charge in [-0.05, 0) is 19.9 Å². The lowest BCUT2D eigenvalue weighted by atomic mass is 10.1. The van der Waals surface area contributed by atoms with Crippen molar-refractivity contribution in [2.75, 3.05) is 38.1 Å². The van der Waals surface area contributed by atoms with Crippen molar-refractivity contribution < 1.29 is 9.18 Å². The van der Waals surface area contributed by atoms with Crippen LogP contribution in [-0.2, 0) is 0 Å². The van der Waals surface area contributed by atoms with Crippen molar-refractivity contribution in [3.05, 3.63) is 40.5 Å². The first-order valence-electron chi connectivity index (χ1n) is 9.43. The van der Waals surface area contributed by atoms with Crippen LogP contribution in [0.1, 0.15) is 34.0 Å². The van der Waals surface area contributed by atoms with Crippen LogP contribution < -0.4 is 10.2 Å². The Balaban J connectivity index is 1.44. The lowest BCUT2D eigenvalue weighted by Gasteiger charge is -2.37. The topological polar surface area (TPSA) is 87.1 Å². The number of piperazine rings is 1. The first kappa shape index (κ1) is 19.6. The molecule has 0 radical (unpaired) electrons. The van der Waals surface area contributed by atoms with Crippen molar-refractivity contribution in [1.29, 1.82) is 0 Å². The Morgan fingerprint density at radius 1 is 1.21 bits per heavy atom. The van der Waals surface area contributed by atoms with E-state index in [1.165, 1.54) is 29.8 Å². The van der Waals surface area contributed by atoms with Crippen molar-refractivity contribution in [1.82, 2.24) is 30.2 Å². The summed E-state index contributed by atoms with van der Waals surface area (Å²) < 4.78 is 15.4. The fourth-order valence-electron chi connectivity index (χ4n) is 3.48. The van der Waals surface area contributed by atoms with Crippen LogP contribution in [0.25, 0.3) is 10.3 Å². The molecule has 29 heavy (non-hydrogen) atoms. The average Bonchev–Trinajstić information content (AvgIpc) is 3.11. The van der Waals surface area contributed by atoms with E-state index in [1.54, 1.807) is 7.05 Å². The predicted octanol–water partition coefficient (Wildman–Crippen LogP) is 2.17. The second-order valence-electron chi connectivity index (χ2n) is 6.96. The number of carbonyl (C=O) groups is 1. The summed E-state index contributed by atoms with van der Waals surface area (Å²) in [5, 5.41) is 3.43. The van der Waals surface area contributed by atoms with Crippen LogP contribution in [0.3, 0.4) is 0 Å². The normalized spacial score (nSPS) is 16.2. The zero-order chi connectivity index (χ0) is 20.5. The molecule has 152 valence electrons. The number of nitrogens with one attached hydrogen (secondary N) is 1. The Bertz CT molecular complexity index is 1030. The summed E-state index contributed by atoms with van der Waals surface area (Å²) in [6, 6.07) is 1.39. The van der Waals surface area contributed by atoms with Crippen molar-refractivity contribution in [3.8, 4) is 0 Å². The van der Waals surface area contributed by atoms with E-state index in [-0.39, 0.29) is 17.8 Å². The van der Waals surface area contributed by atoms with E-state index < -0.39 is 0 Å². The molecule has 1 saturated heterocycles. The van der Waals surface area contributed by atoms with E-state index in [4.69, 9.17) is 0 Å². The molecule has 0 aromatic carbocycles. The quantitative estimate of drug-likeness (QED) is 0.699. The molecule has 0 unspecified atom stereocenters. The zero-order valence-electron chi connectivity index (χ0n) is 16.5. The van der Waals surface area contributed by atoms with Crippen LogP contribution in [0.15, 0.2) is 18.5 Å². The fraction of sp³-hybridized carbons (Fsp3) is 0.421. The number of rotatable bonds is 4. The number of thiazole rings is 1. The number of halogens is 1. The Labute approximate surface area is 171 Å². The van der Waals surface area contributed by atoms with Crippen LogP contribution in [0.2, 0.25) is 0 Å². The molecular weight excluding hydrogens is 393 g/mol. The van der Waals surface area contributed by atoms with Gasteiger partial charge in [0.05, 0.1) is 27.0 Å². The Morgan fingerprint density at radius 2 is 1.90 bits per heavy atom. The van der Waals surface area contributed by atoms with Crippen molar-refractivity contribution in [3.63, 3.8) is 0 Å². The first-order chi connectivity index (χ1) is 14.0. The number of amides is 1. The summed E-state index contributed by atoms with van der Waals surface area (Å²) >= 11 is 1.45. The number of anilines is 1. The maximum atomic E-state index is 14.6. The van der Waals surface area contributed by atoms with Crippen molar-refractivity contribution >= 4 is 33.5 Å². The molecule has 3 aromatic rings. The van der Waals surface area contributed by atoms with Gasteiger partial charge in [-0.3, -0.25) is 9.69 Å². The highest BCUT2D eigenvalue weighted by atomic mass is 32.1. The Morgan fingerprint density at radius 3 is 2.55 bits per heavy atom. The second-order valence-corrected chi connectivity index (χ2v) is 8.19. The number of carbonyl (C=O) groups excluding carboxylic acids is 1. The molecule has 1 aliphatic rings. The predicted molar refractivity (Wildman–Crippen MR) is 110 cm³/mol. The molecule has 10 heteroatoms. The van der Waals surface area contributed by atoms with Gasteiger partial charge in [-0.25, -0.2) is 24.3 Å². The molecule has 0 aliphatic carbocycles. The molecule has 3 aromatic heterocycles. The van der Waals surface area contributed by atoms with Gasteiger partial charge in [0.25, 0.3) is 5.91 Å². The SMILES string of the molecule is CNC(=O)c1cnc(N2CCN([C@@H](C)c3nc4nc(C)sc4cc3F)CC2)nc1. The van der Waals surface area contributed by atoms with Crippen LogP contribution in [-0.4, -0.2) is 64.0 Å². The molecule has 0 saturated carbocycles. The maximum absolute atomic E-state index is 14.6. The second kappa shape index (κ2) is 7.96. The first-order valence-corrected chi connectivity index (χ1v) is 10.2. The van der Waals surface area contributed by atoms with Crippen LogP contribution in [0.4, 0.5) is 10.3 Å². The lowest BCUT2D eigenvalue weighted by Crippen LogP contribution is -2.48. The van der Waals surface area contributed by atoms with Crippen LogP contribution >= 0.6 is 11.3 Å². The minimum atomic E-state index is -0.288. The number of nitrogens with zero attached hydrogens (tertiary/aromatic N) is 6. The van der Waals surface area contributed by atoms with Gasteiger partial charge in [0, 0.05) is 45.6 Å². The number of fused-ring (bicyclic) bond motifs is 1. The van der Waals surface area contributed by atoms with Crippen molar-refractivity contribution in [2.45, 2.75) is 19.9 Å². The largest absolute Gasteiger partial charge is 0.355 e. The van der Waals surface area contributed by atoms with Gasteiger partial charge in [0.2, 0.25) is 5.95 Å². The van der Waals surface area contributed by atoms with E-state index in [0.717, 1.165) is 22.8 Å². The molecular formula is C19H22FN7OS. The highest BCUT2D eigenvalue weighted by Gasteiger charge is 2.26. The number of hydrogen-bond donors (Lipinski definition) is 1. The zero-order valence-corrected chi connectivity index (χ0v) is 17.3. The summed E-state index contributed by atoms with van der Waals surface area (Å²) in [5.74, 6) is 0.0924. The van der Waals surface area contributed by atoms with E-state index in [2.05, 4.69) is 35.1 Å². The number of hydrogen-bond acceptors (Lipinski definition) is 8. The fourth-order valence-corrected chi connectivity index (χ4v) is 4.28. The molecule has 8 nitrogen and oxygen atoms in total. The van der Waals surface area contributed by atoms with Gasteiger partial charge in [-0.1, -0.05) is 0 Å². The minimum absolute atomic E-state index is 0.153. The monoisotopic (exact) mass is 415 g/mol. The maximum Gasteiger partial charge on any atom is 0.254 e. The molecule has 1 amide bonds. The van der Waals surface area contributed by atoms with Gasteiger partial charge in [-0.2, -0.15) is 0 Å². The van der Waals surface area contributed by atoms with E-state index in [9.17, 15) is 9.18 Å². The Hall–Kier alpha value is -2.72. The standard InChI is InChI=1S/C19H22FN7OS/c1-11(16-14(20)8-15-17(25-16)24-12(2)29-15)26-4-6-27(7-5-26)19-22-9-13(10-23-19)18(28)21-3/h8-11H,4-7H2,1-3H3,(H,21,28)/t11-/m0/s1. The minimum Gasteiger partial charge on any atom is -0.355 e. The third kappa shape index (κ3) is 3.90. The van der Waals surface area contributed by atoms with E-state index in [1.807, 2.05) is 13.8 Å². The smallest absolute Gasteiger partial charge is 0.254 e. The molecule has 4 heterocycles. The molecule has 0 bridgehead atoms. The Kier molecular flexibility index (Phi) is 5.37. The summed E-state index contributed by atoms with van der Waals surface area (Å²) in [5.41, 5.74) is 1.47. The molecule has 0 spiro atoms. The third-order valence-electron chi connectivity index (χ3n) is 5.14. The van der Waals surface area contributed by atoms with Crippen LogP contribution in [0.5, 0.6) is 0 Å². The molecule has 1 fully saturated rings. The van der Waals surface area contributed by atoms with Gasteiger partial charge in [0.15, 0.2) is 5.65 Å². The van der Waals surface area contributed by atoms with Crippen molar-refractivity contribution in [2.24, 2.45) is 0 Å². The van der Waals surface area contributed by atoms with Gasteiger partial charge in [0.1, 0.15) is 5.82 Å². The van der Waals surface area contributed by atoms with Gasteiger partial charge < -0.3 is 10.2 Å².